The minimum Gasteiger partial charge on any atom is -0.457 e. The lowest BCUT2D eigenvalue weighted by Gasteiger charge is -2.22. The normalized spacial score (nSPS) is 14.6. The molecule has 0 bridgehead atoms. The Morgan fingerprint density at radius 2 is 2.04 bits per heavy atom. The summed E-state index contributed by atoms with van der Waals surface area (Å²) in [6.07, 6.45) is 2.80. The maximum atomic E-state index is 12.4. The first-order valence-electron chi connectivity index (χ1n) is 7.80. The molecule has 3 rings (SSSR count). The van der Waals surface area contributed by atoms with Crippen molar-refractivity contribution in [3.05, 3.63) is 34.8 Å². The predicted molar refractivity (Wildman–Crippen MR) is 82.7 cm³/mol. The lowest BCUT2D eigenvalue weighted by atomic mass is 9.86. The lowest BCUT2D eigenvalue weighted by Crippen LogP contribution is -2.26. The number of carbonyl (C=O) groups excluding carboxylic acids is 2. The van der Waals surface area contributed by atoms with Crippen molar-refractivity contribution in [3.63, 3.8) is 0 Å². The van der Waals surface area contributed by atoms with E-state index in [1.54, 1.807) is 6.07 Å². The highest BCUT2D eigenvalue weighted by atomic mass is 16.5. The number of ketones is 1. The Balaban J connectivity index is 1.75. The third-order valence-electron chi connectivity index (χ3n) is 4.36. The molecule has 1 aliphatic carbocycles. The topological polar surface area (TPSA) is 74.3 Å². The van der Waals surface area contributed by atoms with E-state index in [1.165, 1.54) is 0 Å². The molecule has 0 saturated heterocycles. The van der Waals surface area contributed by atoms with Gasteiger partial charge in [0.15, 0.2) is 12.4 Å². The molecular weight excluding hydrogens is 296 g/mol. The number of Topliss-reactive ketones (excluding diaryl/α,β-unsaturated/α-hetero) is 1. The van der Waals surface area contributed by atoms with Crippen molar-refractivity contribution in [1.29, 1.82) is 0 Å². The molecule has 23 heavy (non-hydrogen) atoms. The minimum atomic E-state index is -0.259. The number of nitrogens with zero attached hydrogens (tertiary/aromatic N) is 2. The van der Waals surface area contributed by atoms with Gasteiger partial charge in [-0.25, -0.2) is 0 Å². The van der Waals surface area contributed by atoms with Gasteiger partial charge in [-0.2, -0.15) is 0 Å². The first kappa shape index (κ1) is 15.5. The molecule has 0 spiro atoms. The fourth-order valence-corrected chi connectivity index (χ4v) is 2.83. The van der Waals surface area contributed by atoms with Crippen LogP contribution in [0.5, 0.6) is 0 Å². The largest absolute Gasteiger partial charge is 0.457 e. The van der Waals surface area contributed by atoms with E-state index >= 15 is 0 Å². The third-order valence-corrected chi connectivity index (χ3v) is 4.36. The maximum absolute atomic E-state index is 12.4. The zero-order valence-corrected chi connectivity index (χ0v) is 13.6. The van der Waals surface area contributed by atoms with Crippen molar-refractivity contribution in [2.75, 3.05) is 6.61 Å². The van der Waals surface area contributed by atoms with Gasteiger partial charge in [0, 0.05) is 23.0 Å². The minimum absolute atomic E-state index is 0.0201. The quantitative estimate of drug-likeness (QED) is 0.626. The molecule has 0 aromatic carbocycles. The number of esters is 1. The molecule has 6 heteroatoms. The Morgan fingerprint density at radius 1 is 1.30 bits per heavy atom. The summed E-state index contributed by atoms with van der Waals surface area (Å²) >= 11 is 0. The molecule has 2 heterocycles. The van der Waals surface area contributed by atoms with E-state index in [-0.39, 0.29) is 24.3 Å². The molecule has 0 unspecified atom stereocenters. The molecular formula is C17H20N2O4. The molecule has 0 radical (unpaired) electrons. The Bertz CT molecular complexity index is 753. The molecule has 0 aliphatic heterocycles. The van der Waals surface area contributed by atoms with Crippen molar-refractivity contribution in [2.24, 2.45) is 5.92 Å². The molecule has 1 saturated carbocycles. The van der Waals surface area contributed by atoms with Crippen molar-refractivity contribution in [2.45, 2.75) is 40.0 Å². The summed E-state index contributed by atoms with van der Waals surface area (Å²) in [6.45, 7) is 5.35. The highest BCUT2D eigenvalue weighted by Gasteiger charge is 2.27. The van der Waals surface area contributed by atoms with E-state index < -0.39 is 0 Å². The summed E-state index contributed by atoms with van der Waals surface area (Å²) in [5, 5.41) is 3.99. The van der Waals surface area contributed by atoms with Gasteiger partial charge < -0.3 is 9.26 Å². The van der Waals surface area contributed by atoms with E-state index in [4.69, 9.17) is 9.26 Å². The number of hydrogen-bond acceptors (Lipinski definition) is 5. The zero-order chi connectivity index (χ0) is 16.6. The molecule has 122 valence electrons. The van der Waals surface area contributed by atoms with Crippen LogP contribution in [0.25, 0.3) is 5.82 Å². The second-order valence-electron chi connectivity index (χ2n) is 6.07. The maximum Gasteiger partial charge on any atom is 0.309 e. The standard InChI is InChI=1S/C17H20N2O4/c1-10-7-14(12(3)19(10)16-8-11(2)23-18-16)15(20)9-22-17(21)13-5-4-6-13/h7-8,13H,4-6,9H2,1-3H3. The second-order valence-corrected chi connectivity index (χ2v) is 6.07. The number of aryl methyl sites for hydroxylation is 2. The highest BCUT2D eigenvalue weighted by Crippen LogP contribution is 2.27. The molecule has 2 aromatic heterocycles. The number of ether oxygens (including phenoxy) is 1. The van der Waals surface area contributed by atoms with Crippen LogP contribution in [0, 0.1) is 26.7 Å². The van der Waals surface area contributed by atoms with Crippen LogP contribution >= 0.6 is 0 Å². The lowest BCUT2D eigenvalue weighted by molar-refractivity contribution is -0.150. The number of hydrogen-bond donors (Lipinski definition) is 0. The Kier molecular flexibility index (Phi) is 4.07. The molecule has 1 aliphatic rings. The molecule has 1 fully saturated rings. The number of carbonyl (C=O) groups is 2. The molecule has 0 N–H and O–H groups in total. The third kappa shape index (κ3) is 2.93. The van der Waals surface area contributed by atoms with Crippen LogP contribution in [-0.4, -0.2) is 28.1 Å². The van der Waals surface area contributed by atoms with E-state index in [2.05, 4.69) is 5.16 Å². The van der Waals surface area contributed by atoms with Gasteiger partial charge in [-0.3, -0.25) is 14.2 Å². The molecule has 6 nitrogen and oxygen atoms in total. The van der Waals surface area contributed by atoms with Gasteiger partial charge in [-0.1, -0.05) is 11.6 Å². The first-order valence-corrected chi connectivity index (χ1v) is 7.80. The molecule has 0 amide bonds. The Hall–Kier alpha value is -2.37. The monoisotopic (exact) mass is 316 g/mol. The van der Waals surface area contributed by atoms with Crippen LogP contribution < -0.4 is 0 Å². The first-order chi connectivity index (χ1) is 11.0. The summed E-state index contributed by atoms with van der Waals surface area (Å²) in [6, 6.07) is 3.60. The van der Waals surface area contributed by atoms with Gasteiger partial charge in [0.2, 0.25) is 5.78 Å². The van der Waals surface area contributed by atoms with Crippen LogP contribution in [0.1, 0.15) is 46.8 Å². The fourth-order valence-electron chi connectivity index (χ4n) is 2.83. The molecule has 2 aromatic rings. The van der Waals surface area contributed by atoms with Crippen LogP contribution in [0.3, 0.4) is 0 Å². The van der Waals surface area contributed by atoms with E-state index in [1.807, 2.05) is 31.4 Å². The van der Waals surface area contributed by atoms with Gasteiger partial charge in [0.05, 0.1) is 5.92 Å². The van der Waals surface area contributed by atoms with Crippen molar-refractivity contribution >= 4 is 11.8 Å². The van der Waals surface area contributed by atoms with E-state index in [0.717, 1.165) is 30.7 Å². The second kappa shape index (κ2) is 6.02. The summed E-state index contributed by atoms with van der Waals surface area (Å²) < 4.78 is 12.1. The van der Waals surface area contributed by atoms with E-state index in [0.29, 0.717) is 17.1 Å². The van der Waals surface area contributed by atoms with Crippen molar-refractivity contribution in [3.8, 4) is 5.82 Å². The van der Waals surface area contributed by atoms with Gasteiger partial charge in [-0.15, -0.1) is 0 Å². The number of aromatic nitrogens is 2. The van der Waals surface area contributed by atoms with Gasteiger partial charge in [0.1, 0.15) is 5.76 Å². The molecule has 0 atom stereocenters. The van der Waals surface area contributed by atoms with Crippen molar-refractivity contribution < 1.29 is 18.8 Å². The van der Waals surface area contributed by atoms with Crippen molar-refractivity contribution in [1.82, 2.24) is 9.72 Å². The van der Waals surface area contributed by atoms with E-state index in [9.17, 15) is 9.59 Å². The number of rotatable bonds is 5. The SMILES string of the molecule is Cc1cc(-n2c(C)cc(C(=O)COC(=O)C3CCC3)c2C)no1. The van der Waals surface area contributed by atoms with Crippen LogP contribution in [-0.2, 0) is 9.53 Å². The fraction of sp³-hybridized carbons (Fsp3) is 0.471. The highest BCUT2D eigenvalue weighted by molar-refractivity contribution is 5.99. The average Bonchev–Trinajstić information content (AvgIpc) is 2.98. The van der Waals surface area contributed by atoms with Crippen LogP contribution in [0.15, 0.2) is 16.7 Å². The summed E-state index contributed by atoms with van der Waals surface area (Å²) in [4.78, 5) is 24.1. The summed E-state index contributed by atoms with van der Waals surface area (Å²) in [5.74, 6) is 0.869. The summed E-state index contributed by atoms with van der Waals surface area (Å²) in [5.41, 5.74) is 2.19. The summed E-state index contributed by atoms with van der Waals surface area (Å²) in [7, 11) is 0. The predicted octanol–water partition coefficient (Wildman–Crippen LogP) is 2.92. The Morgan fingerprint density at radius 3 is 2.61 bits per heavy atom. The Labute approximate surface area is 134 Å². The zero-order valence-electron chi connectivity index (χ0n) is 13.6. The van der Waals surface area contributed by atoms with Gasteiger partial charge >= 0.3 is 5.97 Å². The van der Waals surface area contributed by atoms with Gasteiger partial charge in [0.25, 0.3) is 0 Å². The smallest absolute Gasteiger partial charge is 0.309 e. The van der Waals surface area contributed by atoms with Crippen LogP contribution in [0.4, 0.5) is 0 Å². The average molecular weight is 316 g/mol. The van der Waals surface area contributed by atoms with Gasteiger partial charge in [-0.05, 0) is 39.7 Å². The van der Waals surface area contributed by atoms with Crippen LogP contribution in [0.2, 0.25) is 0 Å².